The molecule has 1 heterocycles. The van der Waals surface area contributed by atoms with Crippen LogP contribution in [0.1, 0.15) is 49.1 Å². The average molecular weight is 290 g/mol. The molecule has 20 heavy (non-hydrogen) atoms. The predicted octanol–water partition coefficient (Wildman–Crippen LogP) is 4.30. The second kappa shape index (κ2) is 4.71. The van der Waals surface area contributed by atoms with Gasteiger partial charge in [-0.25, -0.2) is 0 Å². The van der Waals surface area contributed by atoms with E-state index in [9.17, 15) is 5.11 Å². The number of pyridine rings is 1. The molecule has 2 aromatic rings. The highest BCUT2D eigenvalue weighted by Gasteiger charge is 2.27. The van der Waals surface area contributed by atoms with Crippen molar-refractivity contribution >= 4 is 22.5 Å². The number of rotatable bonds is 1. The lowest BCUT2D eigenvalue weighted by Gasteiger charge is -2.28. The van der Waals surface area contributed by atoms with Crippen LogP contribution in [0.4, 0.5) is 0 Å². The Balaban J connectivity index is 2.46. The minimum atomic E-state index is -0.875. The summed E-state index contributed by atoms with van der Waals surface area (Å²) in [6.45, 7) is 5.74. The third-order valence-electron chi connectivity index (χ3n) is 4.13. The highest BCUT2D eigenvalue weighted by atomic mass is 35.5. The summed E-state index contributed by atoms with van der Waals surface area (Å²) in [6.07, 6.45) is 4.37. The number of halogens is 1. The van der Waals surface area contributed by atoms with E-state index in [1.54, 1.807) is 0 Å². The molecule has 0 aliphatic heterocycles. The van der Waals surface area contributed by atoms with Gasteiger partial charge in [0.2, 0.25) is 0 Å². The molecule has 1 aromatic carbocycles. The summed E-state index contributed by atoms with van der Waals surface area (Å²) in [6, 6.07) is 3.89. The Bertz CT molecular complexity index is 686. The minimum Gasteiger partial charge on any atom is -0.386 e. The monoisotopic (exact) mass is 289 g/mol. The maximum Gasteiger partial charge on any atom is 0.0850 e. The summed E-state index contributed by atoms with van der Waals surface area (Å²) in [4.78, 5) is 4.86. The molecule has 0 atom stereocenters. The zero-order valence-corrected chi connectivity index (χ0v) is 13.0. The van der Waals surface area contributed by atoms with E-state index in [2.05, 4.69) is 0 Å². The second-order valence-electron chi connectivity index (χ2n) is 6.30. The van der Waals surface area contributed by atoms with E-state index >= 15 is 0 Å². The van der Waals surface area contributed by atoms with Crippen molar-refractivity contribution in [1.29, 1.82) is 0 Å². The molecule has 3 heteroatoms. The molecule has 1 aromatic heterocycles. The second-order valence-corrected chi connectivity index (χ2v) is 6.73. The Hall–Kier alpha value is -1.12. The highest BCUT2D eigenvalue weighted by molar-refractivity contribution is 6.31. The molecule has 106 valence electrons. The highest BCUT2D eigenvalue weighted by Crippen LogP contribution is 2.37. The molecule has 0 radical (unpaired) electrons. The Morgan fingerprint density at radius 3 is 2.60 bits per heavy atom. The van der Waals surface area contributed by atoms with Gasteiger partial charge >= 0.3 is 0 Å². The van der Waals surface area contributed by atoms with Crippen LogP contribution in [-0.4, -0.2) is 10.1 Å². The van der Waals surface area contributed by atoms with Crippen LogP contribution in [0.2, 0.25) is 5.02 Å². The van der Waals surface area contributed by atoms with Crippen molar-refractivity contribution in [3.8, 4) is 0 Å². The summed E-state index contributed by atoms with van der Waals surface area (Å²) in [5.41, 5.74) is 4.59. The molecule has 1 aliphatic rings. The van der Waals surface area contributed by atoms with Crippen molar-refractivity contribution in [2.45, 2.75) is 52.1 Å². The molecule has 0 bridgehead atoms. The number of hydrogen-bond donors (Lipinski definition) is 1. The fourth-order valence-corrected chi connectivity index (χ4v) is 3.63. The first-order chi connectivity index (χ1) is 9.38. The SMILES string of the molecule is Cc1cc(Cl)cc2c(C(C)(C)O)c3c(nc12)CCCC3. The van der Waals surface area contributed by atoms with Crippen LogP contribution in [0.25, 0.3) is 10.9 Å². The Morgan fingerprint density at radius 2 is 1.90 bits per heavy atom. The Morgan fingerprint density at radius 1 is 1.20 bits per heavy atom. The lowest BCUT2D eigenvalue weighted by atomic mass is 9.83. The average Bonchev–Trinajstić information content (AvgIpc) is 2.35. The predicted molar refractivity (Wildman–Crippen MR) is 83.4 cm³/mol. The Kier molecular flexibility index (Phi) is 3.26. The molecular formula is C17H20ClNO. The van der Waals surface area contributed by atoms with Crippen LogP contribution in [0, 0.1) is 6.92 Å². The summed E-state index contributed by atoms with van der Waals surface area (Å²) in [5.74, 6) is 0. The van der Waals surface area contributed by atoms with Gasteiger partial charge in [0.15, 0.2) is 0 Å². The van der Waals surface area contributed by atoms with Crippen LogP contribution in [0.15, 0.2) is 12.1 Å². The third kappa shape index (κ3) is 2.21. The lowest BCUT2D eigenvalue weighted by molar-refractivity contribution is 0.0789. The van der Waals surface area contributed by atoms with Crippen molar-refractivity contribution in [2.24, 2.45) is 0 Å². The molecule has 0 fully saturated rings. The number of aryl methyl sites for hydroxylation is 2. The van der Waals surface area contributed by atoms with E-state index in [0.717, 1.165) is 40.6 Å². The Labute approximate surface area is 124 Å². The van der Waals surface area contributed by atoms with Gasteiger partial charge in [0.25, 0.3) is 0 Å². The zero-order valence-electron chi connectivity index (χ0n) is 12.3. The van der Waals surface area contributed by atoms with E-state index in [0.29, 0.717) is 5.02 Å². The molecular weight excluding hydrogens is 270 g/mol. The van der Waals surface area contributed by atoms with Gasteiger partial charge in [-0.05, 0) is 75.3 Å². The van der Waals surface area contributed by atoms with Gasteiger partial charge in [-0.2, -0.15) is 0 Å². The molecule has 0 saturated heterocycles. The van der Waals surface area contributed by atoms with Crippen LogP contribution < -0.4 is 0 Å². The fraction of sp³-hybridized carbons (Fsp3) is 0.471. The van der Waals surface area contributed by atoms with Gasteiger partial charge in [0.1, 0.15) is 0 Å². The maximum atomic E-state index is 10.7. The molecule has 0 spiro atoms. The number of hydrogen-bond acceptors (Lipinski definition) is 2. The summed E-state index contributed by atoms with van der Waals surface area (Å²) in [7, 11) is 0. The number of nitrogens with zero attached hydrogens (tertiary/aromatic N) is 1. The van der Waals surface area contributed by atoms with Gasteiger partial charge in [-0.1, -0.05) is 11.6 Å². The van der Waals surface area contributed by atoms with Gasteiger partial charge < -0.3 is 5.11 Å². The van der Waals surface area contributed by atoms with Crippen molar-refractivity contribution in [3.05, 3.63) is 39.5 Å². The van der Waals surface area contributed by atoms with Gasteiger partial charge in [0.05, 0.1) is 11.1 Å². The number of aromatic nitrogens is 1. The van der Waals surface area contributed by atoms with Crippen LogP contribution in [0.5, 0.6) is 0 Å². The third-order valence-corrected chi connectivity index (χ3v) is 4.35. The topological polar surface area (TPSA) is 33.1 Å². The summed E-state index contributed by atoms with van der Waals surface area (Å²) in [5, 5.41) is 12.4. The van der Waals surface area contributed by atoms with Crippen LogP contribution in [-0.2, 0) is 18.4 Å². The van der Waals surface area contributed by atoms with Crippen molar-refractivity contribution in [2.75, 3.05) is 0 Å². The smallest absolute Gasteiger partial charge is 0.0850 e. The molecule has 2 nitrogen and oxygen atoms in total. The molecule has 1 N–H and O–H groups in total. The van der Waals surface area contributed by atoms with E-state index in [1.807, 2.05) is 32.9 Å². The first kappa shape index (κ1) is 13.8. The van der Waals surface area contributed by atoms with E-state index in [4.69, 9.17) is 16.6 Å². The zero-order chi connectivity index (χ0) is 14.5. The van der Waals surface area contributed by atoms with Gasteiger partial charge in [-0.15, -0.1) is 0 Å². The van der Waals surface area contributed by atoms with Gasteiger partial charge in [-0.3, -0.25) is 4.98 Å². The van der Waals surface area contributed by atoms with Crippen LogP contribution in [0.3, 0.4) is 0 Å². The number of fused-ring (bicyclic) bond motifs is 2. The normalized spacial score (nSPS) is 15.4. The molecule has 0 saturated carbocycles. The molecule has 0 amide bonds. The largest absolute Gasteiger partial charge is 0.386 e. The quantitative estimate of drug-likeness (QED) is 0.849. The molecule has 1 aliphatic carbocycles. The standard InChI is InChI=1S/C17H20ClNO/c1-10-8-11(18)9-13-15(17(2,3)20)12-6-4-5-7-14(12)19-16(10)13/h8-9,20H,4-7H2,1-3H3. The first-order valence-electron chi connectivity index (χ1n) is 7.22. The molecule has 3 rings (SSSR count). The summed E-state index contributed by atoms with van der Waals surface area (Å²) >= 11 is 6.22. The van der Waals surface area contributed by atoms with Crippen LogP contribution >= 0.6 is 11.6 Å². The molecule has 0 unspecified atom stereocenters. The first-order valence-corrected chi connectivity index (χ1v) is 7.60. The number of benzene rings is 1. The van der Waals surface area contributed by atoms with Gasteiger partial charge in [0, 0.05) is 16.1 Å². The van der Waals surface area contributed by atoms with E-state index in [1.165, 1.54) is 18.4 Å². The summed E-state index contributed by atoms with van der Waals surface area (Å²) < 4.78 is 0. The van der Waals surface area contributed by atoms with Crippen molar-refractivity contribution < 1.29 is 5.11 Å². The maximum absolute atomic E-state index is 10.7. The minimum absolute atomic E-state index is 0.707. The number of aliphatic hydroxyl groups is 1. The van der Waals surface area contributed by atoms with E-state index < -0.39 is 5.60 Å². The fourth-order valence-electron chi connectivity index (χ4n) is 3.35. The van der Waals surface area contributed by atoms with Crippen molar-refractivity contribution in [3.63, 3.8) is 0 Å². The van der Waals surface area contributed by atoms with Crippen molar-refractivity contribution in [1.82, 2.24) is 4.98 Å². The van der Waals surface area contributed by atoms with E-state index in [-0.39, 0.29) is 0 Å². The lowest BCUT2D eigenvalue weighted by Crippen LogP contribution is -2.22.